The maximum Gasteiger partial charge on any atom is 0.462 e. The second-order valence-corrected chi connectivity index (χ2v) is 7.15. The van der Waals surface area contributed by atoms with Crippen LogP contribution in [0.1, 0.15) is 0 Å². The molecule has 0 aliphatic rings. The molecule has 0 radical (unpaired) electrons. The molecule has 0 heterocycles. The fraction of sp³-hybridized carbons (Fsp3) is 0.333. The normalized spacial score (nSPS) is 11.3. The molecule has 0 saturated heterocycles. The van der Waals surface area contributed by atoms with E-state index < -0.39 is 8.02 Å². The van der Waals surface area contributed by atoms with Crippen molar-refractivity contribution in [1.29, 1.82) is 0 Å². The van der Waals surface area contributed by atoms with E-state index in [0.717, 1.165) is 0 Å². The fourth-order valence-corrected chi connectivity index (χ4v) is 4.13. The van der Waals surface area contributed by atoms with Crippen LogP contribution in [0.15, 0.2) is 75.9 Å². The lowest BCUT2D eigenvalue weighted by Crippen LogP contribution is -2.55. The van der Waals surface area contributed by atoms with Crippen LogP contribution in [-0.4, -0.2) is 68.6 Å². The average Bonchev–Trinajstić information content (AvgIpc) is 2.55. The van der Waals surface area contributed by atoms with Gasteiger partial charge in [-0.3, -0.25) is 0 Å². The average molecular weight is 448 g/mol. The first-order valence-corrected chi connectivity index (χ1v) is 9.60. The highest BCUT2D eigenvalue weighted by Crippen LogP contribution is 2.58. The summed E-state index contributed by atoms with van der Waals surface area (Å²) in [5, 5.41) is 3.53. The van der Waals surface area contributed by atoms with Crippen molar-refractivity contribution in [2.75, 3.05) is 39.3 Å². The van der Waals surface area contributed by atoms with Gasteiger partial charge in [-0.15, -0.1) is 61.1 Å². The van der Waals surface area contributed by atoms with Crippen LogP contribution in [-0.2, 0) is 0 Å². The first kappa shape index (κ1) is 27.3. The lowest BCUT2D eigenvalue weighted by molar-refractivity contribution is -0.110. The first-order valence-electron chi connectivity index (χ1n) is 8.00. The van der Waals surface area contributed by atoms with Gasteiger partial charge in [0.1, 0.15) is 0 Å². The Morgan fingerprint density at radius 1 is 0.577 bits per heavy atom. The zero-order valence-electron chi connectivity index (χ0n) is 15.5. The van der Waals surface area contributed by atoms with Crippen molar-refractivity contribution in [3.8, 4) is 0 Å². The number of rotatable bonds is 16. The number of nitrogens with zero attached hydrogens (tertiary/aromatic N) is 4. The van der Waals surface area contributed by atoms with E-state index in [2.05, 4.69) is 39.5 Å². The number of hydrazine groups is 2. The van der Waals surface area contributed by atoms with Crippen LogP contribution < -0.4 is 0 Å². The molecule has 0 rings (SSSR count). The summed E-state index contributed by atoms with van der Waals surface area (Å²) >= 11 is 0. The Balaban J connectivity index is 0. The summed E-state index contributed by atoms with van der Waals surface area (Å²) in [4.78, 5) is 23.8. The SMILES string of the molecule is Br.C=CCN(CC=C)N(N(CC=C)CC=C)[P+](O)(O)N(CC=C)CC=C. The Bertz CT molecular complexity index is 420. The molecule has 0 aromatic rings. The molecular formula is C18H33BrN4O2P+. The monoisotopic (exact) mass is 447 g/mol. The van der Waals surface area contributed by atoms with Crippen molar-refractivity contribution in [1.82, 2.24) is 19.6 Å². The van der Waals surface area contributed by atoms with Crippen LogP contribution in [0, 0.1) is 0 Å². The van der Waals surface area contributed by atoms with Gasteiger partial charge in [0, 0.05) is 31.1 Å². The molecule has 0 aromatic carbocycles. The standard InChI is InChI=1S/C18H32N4O2P.BrH/c1-7-13-19(14-8-2)22(20(15-9-3)16-10-4)25(23,24)21(17-11-5)18-12-6;/h7-12,23-24H,1-6,13-18H2;1H/q+1;. The van der Waals surface area contributed by atoms with E-state index in [0.29, 0.717) is 39.3 Å². The van der Waals surface area contributed by atoms with E-state index in [-0.39, 0.29) is 17.0 Å². The Morgan fingerprint density at radius 3 is 1.08 bits per heavy atom. The van der Waals surface area contributed by atoms with Gasteiger partial charge in [-0.05, 0) is 0 Å². The summed E-state index contributed by atoms with van der Waals surface area (Å²) in [6.45, 7) is 24.7. The highest BCUT2D eigenvalue weighted by atomic mass is 79.9. The Hall–Kier alpha value is -0.890. The first-order chi connectivity index (χ1) is 11.9. The Morgan fingerprint density at radius 2 is 0.846 bits per heavy atom. The molecule has 0 unspecified atom stereocenters. The van der Waals surface area contributed by atoms with Gasteiger partial charge in [-0.2, -0.15) is 19.8 Å². The largest absolute Gasteiger partial charge is 0.462 e. The molecule has 0 aliphatic carbocycles. The predicted octanol–water partition coefficient (Wildman–Crippen LogP) is 3.38. The van der Waals surface area contributed by atoms with Gasteiger partial charge in [-0.1, -0.05) is 36.5 Å². The molecule has 6 nitrogen and oxygen atoms in total. The lowest BCUT2D eigenvalue weighted by Gasteiger charge is -2.41. The van der Waals surface area contributed by atoms with Crippen molar-refractivity contribution in [3.63, 3.8) is 0 Å². The minimum atomic E-state index is -3.74. The molecule has 0 aromatic heterocycles. The van der Waals surface area contributed by atoms with Crippen molar-refractivity contribution in [2.24, 2.45) is 0 Å². The number of hydrogen-bond donors (Lipinski definition) is 2. The molecular weight excluding hydrogens is 415 g/mol. The molecule has 148 valence electrons. The number of halogens is 1. The molecule has 0 aliphatic heterocycles. The van der Waals surface area contributed by atoms with Gasteiger partial charge in [-0.25, -0.2) is 0 Å². The summed E-state index contributed by atoms with van der Waals surface area (Å²) in [6, 6.07) is 0. The Labute approximate surface area is 169 Å². The molecule has 0 bridgehead atoms. The van der Waals surface area contributed by atoms with Crippen LogP contribution in [0.2, 0.25) is 0 Å². The molecule has 0 saturated carbocycles. The van der Waals surface area contributed by atoms with Crippen LogP contribution >= 0.6 is 25.0 Å². The van der Waals surface area contributed by atoms with Gasteiger partial charge >= 0.3 is 8.02 Å². The highest BCUT2D eigenvalue weighted by Gasteiger charge is 2.54. The fourth-order valence-electron chi connectivity index (χ4n) is 2.26. The third-order valence-electron chi connectivity index (χ3n) is 3.16. The van der Waals surface area contributed by atoms with Gasteiger partial charge in [0.2, 0.25) is 0 Å². The van der Waals surface area contributed by atoms with E-state index >= 15 is 0 Å². The van der Waals surface area contributed by atoms with Crippen molar-refractivity contribution < 1.29 is 9.79 Å². The van der Waals surface area contributed by atoms with E-state index in [1.807, 2.05) is 0 Å². The van der Waals surface area contributed by atoms with Gasteiger partial charge in [0.15, 0.2) is 0 Å². The minimum absolute atomic E-state index is 0. The topological polar surface area (TPSA) is 53.4 Å². The van der Waals surface area contributed by atoms with Crippen LogP contribution in [0.5, 0.6) is 0 Å². The minimum Gasteiger partial charge on any atom is -0.185 e. The molecule has 26 heavy (non-hydrogen) atoms. The predicted molar refractivity (Wildman–Crippen MR) is 119 cm³/mol. The summed E-state index contributed by atoms with van der Waals surface area (Å²) in [6.07, 6.45) is 10.0. The maximum absolute atomic E-state index is 11.1. The molecule has 0 fully saturated rings. The molecule has 0 spiro atoms. The van der Waals surface area contributed by atoms with Gasteiger partial charge in [0.05, 0.1) is 13.1 Å². The van der Waals surface area contributed by atoms with E-state index in [1.54, 1.807) is 46.5 Å². The second-order valence-electron chi connectivity index (χ2n) is 5.15. The third-order valence-corrected chi connectivity index (χ3v) is 5.24. The van der Waals surface area contributed by atoms with Crippen molar-refractivity contribution in [2.45, 2.75) is 0 Å². The van der Waals surface area contributed by atoms with Crippen LogP contribution in [0.4, 0.5) is 0 Å². The van der Waals surface area contributed by atoms with Crippen LogP contribution in [0.25, 0.3) is 0 Å². The zero-order chi connectivity index (χ0) is 19.3. The van der Waals surface area contributed by atoms with Crippen molar-refractivity contribution >= 4 is 25.0 Å². The Kier molecular flexibility index (Phi) is 16.0. The summed E-state index contributed by atoms with van der Waals surface area (Å²) in [5.74, 6) is 0. The lowest BCUT2D eigenvalue weighted by atomic mass is 10.5. The zero-order valence-corrected chi connectivity index (χ0v) is 18.1. The highest BCUT2D eigenvalue weighted by molar-refractivity contribution is 8.93. The molecule has 8 heteroatoms. The molecule has 2 N–H and O–H groups in total. The summed E-state index contributed by atoms with van der Waals surface area (Å²) < 4.78 is 1.53. The third kappa shape index (κ3) is 8.20. The number of hydrogen-bond acceptors (Lipinski definition) is 6. The quantitative estimate of drug-likeness (QED) is 0.215. The summed E-state index contributed by atoms with van der Waals surface area (Å²) in [7, 11) is -3.74. The molecule has 0 amide bonds. The smallest absolute Gasteiger partial charge is 0.185 e. The van der Waals surface area contributed by atoms with Gasteiger partial charge in [0.25, 0.3) is 0 Å². The van der Waals surface area contributed by atoms with Crippen LogP contribution in [0.3, 0.4) is 0 Å². The summed E-state index contributed by atoms with van der Waals surface area (Å²) in [5.41, 5.74) is 0. The van der Waals surface area contributed by atoms with E-state index in [4.69, 9.17) is 0 Å². The van der Waals surface area contributed by atoms with Gasteiger partial charge < -0.3 is 0 Å². The second kappa shape index (κ2) is 15.2. The maximum atomic E-state index is 11.1. The van der Waals surface area contributed by atoms with E-state index in [1.165, 1.54) is 9.56 Å². The molecule has 0 atom stereocenters. The van der Waals surface area contributed by atoms with E-state index in [9.17, 15) is 9.79 Å². The van der Waals surface area contributed by atoms with Crippen molar-refractivity contribution in [3.05, 3.63) is 75.9 Å².